The molecule has 0 bridgehead atoms. The molecule has 0 amide bonds. The quantitative estimate of drug-likeness (QED) is 0.324. The van der Waals surface area contributed by atoms with E-state index in [0.717, 1.165) is 18.2 Å². The monoisotopic (exact) mass is 545 g/mol. The number of aliphatic hydroxyl groups excluding tert-OH is 1. The SMILES string of the molecule is CO.COc1cccc(OC)c1-n1c(NS(=O)C(C)Cc2ncc(Cl)cn2)nnc1-c1cncc(C)c1. The number of aliphatic hydroxyl groups is 1. The van der Waals surface area contributed by atoms with Crippen molar-refractivity contribution in [3.05, 3.63) is 65.5 Å². The van der Waals surface area contributed by atoms with E-state index in [1.54, 1.807) is 43.3 Å². The lowest BCUT2D eigenvalue weighted by atomic mass is 10.2. The number of benzene rings is 1. The summed E-state index contributed by atoms with van der Waals surface area (Å²) in [6.07, 6.45) is 6.84. The van der Waals surface area contributed by atoms with E-state index < -0.39 is 11.0 Å². The number of ether oxygens (including phenoxy) is 2. The van der Waals surface area contributed by atoms with Crippen molar-refractivity contribution in [2.45, 2.75) is 25.5 Å². The molecule has 4 rings (SSSR count). The Labute approximate surface area is 222 Å². The highest BCUT2D eigenvalue weighted by Crippen LogP contribution is 2.37. The van der Waals surface area contributed by atoms with Crippen molar-refractivity contribution in [1.29, 1.82) is 0 Å². The first-order chi connectivity index (χ1) is 17.9. The van der Waals surface area contributed by atoms with Gasteiger partial charge in [-0.1, -0.05) is 17.7 Å². The zero-order chi connectivity index (χ0) is 26.9. The number of hydrogen-bond donors (Lipinski definition) is 2. The first-order valence-electron chi connectivity index (χ1n) is 11.1. The second kappa shape index (κ2) is 13.1. The highest BCUT2D eigenvalue weighted by molar-refractivity contribution is 7.86. The highest BCUT2D eigenvalue weighted by atomic mass is 35.5. The molecule has 2 unspecified atom stereocenters. The Bertz CT molecular complexity index is 1330. The van der Waals surface area contributed by atoms with Crippen LogP contribution in [0.25, 0.3) is 17.1 Å². The minimum atomic E-state index is -1.55. The molecule has 1 aromatic carbocycles. The van der Waals surface area contributed by atoms with Crippen LogP contribution in [0.4, 0.5) is 5.95 Å². The van der Waals surface area contributed by atoms with E-state index in [4.69, 9.17) is 26.2 Å². The lowest BCUT2D eigenvalue weighted by Gasteiger charge is -2.18. The predicted octanol–water partition coefficient (Wildman–Crippen LogP) is 3.41. The molecule has 2 N–H and O–H groups in total. The number of aryl methyl sites for hydroxylation is 1. The van der Waals surface area contributed by atoms with Crippen molar-refractivity contribution >= 4 is 28.5 Å². The summed E-state index contributed by atoms with van der Waals surface area (Å²) in [5.41, 5.74) is 2.25. The second-order valence-electron chi connectivity index (χ2n) is 7.68. The Morgan fingerprint density at radius 3 is 2.32 bits per heavy atom. The number of aromatic nitrogens is 6. The number of pyridine rings is 1. The van der Waals surface area contributed by atoms with Gasteiger partial charge in [0.1, 0.15) is 34.0 Å². The summed E-state index contributed by atoms with van der Waals surface area (Å²) < 4.78 is 29.2. The number of para-hydroxylation sites is 1. The molecule has 2 atom stereocenters. The van der Waals surface area contributed by atoms with Gasteiger partial charge in [-0.3, -0.25) is 14.3 Å². The van der Waals surface area contributed by atoms with Crippen molar-refractivity contribution in [1.82, 2.24) is 29.7 Å². The Hall–Kier alpha value is -3.61. The zero-order valence-corrected chi connectivity index (χ0v) is 22.6. The molecule has 0 spiro atoms. The van der Waals surface area contributed by atoms with Gasteiger partial charge < -0.3 is 14.6 Å². The zero-order valence-electron chi connectivity index (χ0n) is 21.0. The van der Waals surface area contributed by atoms with Gasteiger partial charge in [-0.05, 0) is 37.6 Å². The van der Waals surface area contributed by atoms with Gasteiger partial charge in [0.15, 0.2) is 5.82 Å². The van der Waals surface area contributed by atoms with Gasteiger partial charge in [0.05, 0.1) is 24.5 Å². The standard InChI is InChI=1S/C23H24ClN7O3S.CH4O/c1-14-8-16(11-25-10-14)22-28-29-23(31(22)21-18(33-3)6-5-7-19(21)34-4)30-35(32)15(2)9-20-26-12-17(24)13-27-20;1-2/h5-8,10-13,15H,9H2,1-4H3,(H,29,30);2H,1H3. The first-order valence-corrected chi connectivity index (χ1v) is 12.7. The number of anilines is 1. The van der Waals surface area contributed by atoms with Crippen LogP contribution in [0.15, 0.2) is 49.1 Å². The number of hydrogen-bond acceptors (Lipinski definition) is 9. The lowest BCUT2D eigenvalue weighted by Crippen LogP contribution is -2.23. The molecule has 3 aromatic heterocycles. The summed E-state index contributed by atoms with van der Waals surface area (Å²) in [5, 5.41) is 15.8. The number of rotatable bonds is 9. The smallest absolute Gasteiger partial charge is 0.241 e. The average molecular weight is 546 g/mol. The molecular formula is C24H28ClN7O4S. The summed E-state index contributed by atoms with van der Waals surface area (Å²) in [4.78, 5) is 12.7. The molecule has 3 heterocycles. The van der Waals surface area contributed by atoms with Crippen LogP contribution in [0.2, 0.25) is 5.02 Å². The highest BCUT2D eigenvalue weighted by Gasteiger charge is 2.25. The molecule has 13 heteroatoms. The molecule has 0 aliphatic heterocycles. The molecule has 0 saturated carbocycles. The number of nitrogens with zero attached hydrogens (tertiary/aromatic N) is 6. The van der Waals surface area contributed by atoms with Gasteiger partial charge in [-0.15, -0.1) is 10.2 Å². The van der Waals surface area contributed by atoms with Crippen LogP contribution < -0.4 is 14.2 Å². The fraction of sp³-hybridized carbons (Fsp3) is 0.292. The Kier molecular flexibility index (Phi) is 9.89. The van der Waals surface area contributed by atoms with E-state index in [9.17, 15) is 4.21 Å². The summed E-state index contributed by atoms with van der Waals surface area (Å²) in [7, 11) is 2.58. The Morgan fingerprint density at radius 1 is 1.08 bits per heavy atom. The largest absolute Gasteiger partial charge is 0.494 e. The molecule has 0 fully saturated rings. The minimum Gasteiger partial charge on any atom is -0.494 e. The van der Waals surface area contributed by atoms with Crippen molar-refractivity contribution < 1.29 is 18.8 Å². The fourth-order valence-corrected chi connectivity index (χ4v) is 4.36. The topological polar surface area (TPSA) is 137 Å². The van der Waals surface area contributed by atoms with Gasteiger partial charge in [0, 0.05) is 43.9 Å². The van der Waals surface area contributed by atoms with E-state index >= 15 is 0 Å². The van der Waals surface area contributed by atoms with Crippen LogP contribution in [0.3, 0.4) is 0 Å². The van der Waals surface area contributed by atoms with Crippen molar-refractivity contribution in [3.63, 3.8) is 0 Å². The van der Waals surface area contributed by atoms with Gasteiger partial charge >= 0.3 is 0 Å². The number of nitrogens with one attached hydrogen (secondary N) is 1. The van der Waals surface area contributed by atoms with E-state index in [1.807, 2.05) is 26.0 Å². The normalized spacial score (nSPS) is 12.2. The molecule has 0 saturated heterocycles. The van der Waals surface area contributed by atoms with E-state index in [-0.39, 0.29) is 11.2 Å². The van der Waals surface area contributed by atoms with Gasteiger partial charge in [-0.2, -0.15) is 0 Å². The van der Waals surface area contributed by atoms with Gasteiger partial charge in [-0.25, -0.2) is 14.2 Å². The third-order valence-corrected chi connectivity index (χ3v) is 6.60. The fourth-order valence-electron chi connectivity index (χ4n) is 3.45. The molecule has 196 valence electrons. The number of methoxy groups -OCH3 is 2. The maximum atomic E-state index is 13.2. The van der Waals surface area contributed by atoms with Crippen LogP contribution in [-0.4, -0.2) is 65.6 Å². The molecule has 4 aromatic rings. The second-order valence-corrected chi connectivity index (χ2v) is 9.72. The third-order valence-electron chi connectivity index (χ3n) is 5.12. The average Bonchev–Trinajstić information content (AvgIpc) is 3.33. The van der Waals surface area contributed by atoms with Crippen LogP contribution in [0.1, 0.15) is 18.3 Å². The summed E-state index contributed by atoms with van der Waals surface area (Å²) in [5.74, 6) is 2.34. The van der Waals surface area contributed by atoms with Crippen LogP contribution in [-0.2, 0) is 17.4 Å². The molecule has 11 nitrogen and oxygen atoms in total. The summed E-state index contributed by atoms with van der Waals surface area (Å²) in [6, 6.07) is 7.37. The lowest BCUT2D eigenvalue weighted by molar-refractivity contribution is 0.391. The van der Waals surface area contributed by atoms with E-state index in [2.05, 4.69) is 29.9 Å². The van der Waals surface area contributed by atoms with Gasteiger partial charge in [0.25, 0.3) is 0 Å². The molecule has 37 heavy (non-hydrogen) atoms. The molecule has 0 aliphatic rings. The van der Waals surface area contributed by atoms with Crippen LogP contribution in [0, 0.1) is 6.92 Å². The first kappa shape index (κ1) is 28.0. The maximum Gasteiger partial charge on any atom is 0.241 e. The van der Waals surface area contributed by atoms with Crippen molar-refractivity contribution in [2.24, 2.45) is 0 Å². The Morgan fingerprint density at radius 2 is 1.73 bits per heavy atom. The van der Waals surface area contributed by atoms with Crippen molar-refractivity contribution in [2.75, 3.05) is 26.1 Å². The van der Waals surface area contributed by atoms with Crippen LogP contribution in [0.5, 0.6) is 11.5 Å². The third kappa shape index (κ3) is 6.59. The van der Waals surface area contributed by atoms with Gasteiger partial charge in [0.2, 0.25) is 5.95 Å². The van der Waals surface area contributed by atoms with Crippen molar-refractivity contribution in [3.8, 4) is 28.6 Å². The summed E-state index contributed by atoms with van der Waals surface area (Å²) in [6.45, 7) is 3.77. The number of halogens is 1. The molecule has 0 aliphatic carbocycles. The summed E-state index contributed by atoms with van der Waals surface area (Å²) >= 11 is 5.87. The predicted molar refractivity (Wildman–Crippen MR) is 143 cm³/mol. The Balaban J connectivity index is 0.00000186. The van der Waals surface area contributed by atoms with E-state index in [1.165, 1.54) is 12.4 Å². The minimum absolute atomic E-state index is 0.256. The molecule has 0 radical (unpaired) electrons. The van der Waals surface area contributed by atoms with E-state index in [0.29, 0.717) is 40.3 Å². The molecular weight excluding hydrogens is 518 g/mol. The maximum absolute atomic E-state index is 13.2. The van der Waals surface area contributed by atoms with Crippen LogP contribution >= 0.6 is 11.6 Å².